The van der Waals surface area contributed by atoms with Gasteiger partial charge < -0.3 is 15.4 Å². The maximum atomic E-state index is 12.7. The van der Waals surface area contributed by atoms with Crippen LogP contribution in [0.1, 0.15) is 28.4 Å². The zero-order valence-corrected chi connectivity index (χ0v) is 14.0. The highest BCUT2D eigenvalue weighted by molar-refractivity contribution is 5.94. The van der Waals surface area contributed by atoms with Crippen molar-refractivity contribution in [3.8, 4) is 5.75 Å². The first-order valence-corrected chi connectivity index (χ1v) is 7.86. The van der Waals surface area contributed by atoms with E-state index in [2.05, 4.69) is 0 Å². The van der Waals surface area contributed by atoms with E-state index in [1.165, 1.54) is 5.56 Å². The van der Waals surface area contributed by atoms with Crippen LogP contribution in [0.15, 0.2) is 48.5 Å². The Morgan fingerprint density at radius 1 is 1.08 bits per heavy atom. The monoisotopic (exact) mass is 326 g/mol. The Kier molecular flexibility index (Phi) is 5.95. The Hall–Kier alpha value is -2.82. The van der Waals surface area contributed by atoms with Gasteiger partial charge in [0.05, 0.1) is 0 Å². The normalized spacial score (nSPS) is 10.2. The van der Waals surface area contributed by atoms with Crippen LogP contribution in [0.5, 0.6) is 5.75 Å². The molecule has 0 spiro atoms. The Balaban J connectivity index is 2.08. The van der Waals surface area contributed by atoms with E-state index in [1.807, 2.05) is 38.1 Å². The lowest BCUT2D eigenvalue weighted by Gasteiger charge is -2.22. The van der Waals surface area contributed by atoms with Gasteiger partial charge in [-0.1, -0.05) is 24.3 Å². The van der Waals surface area contributed by atoms with E-state index >= 15 is 0 Å². The number of amides is 2. The number of primary amides is 1. The van der Waals surface area contributed by atoms with Gasteiger partial charge in [-0.25, -0.2) is 0 Å². The van der Waals surface area contributed by atoms with E-state index in [9.17, 15) is 9.59 Å². The molecule has 0 aliphatic rings. The largest absolute Gasteiger partial charge is 0.484 e. The van der Waals surface area contributed by atoms with Crippen LogP contribution in [0.4, 0.5) is 0 Å². The molecule has 0 unspecified atom stereocenters. The number of hydrogen-bond donors (Lipinski definition) is 1. The predicted molar refractivity (Wildman–Crippen MR) is 92.7 cm³/mol. The molecule has 2 N–H and O–H groups in total. The van der Waals surface area contributed by atoms with Gasteiger partial charge in [-0.3, -0.25) is 9.59 Å². The summed E-state index contributed by atoms with van der Waals surface area (Å²) in [6.07, 6.45) is 0. The third-order valence-corrected chi connectivity index (χ3v) is 3.77. The molecule has 0 saturated carbocycles. The second kappa shape index (κ2) is 8.15. The summed E-state index contributed by atoms with van der Waals surface area (Å²) in [5.41, 5.74) is 7.92. The van der Waals surface area contributed by atoms with Gasteiger partial charge in [-0.05, 0) is 49.2 Å². The molecule has 0 bridgehead atoms. The second-order valence-corrected chi connectivity index (χ2v) is 5.53. The van der Waals surface area contributed by atoms with Gasteiger partial charge >= 0.3 is 0 Å². The number of rotatable bonds is 7. The van der Waals surface area contributed by atoms with Gasteiger partial charge in [-0.15, -0.1) is 0 Å². The zero-order valence-electron chi connectivity index (χ0n) is 14.0. The fourth-order valence-electron chi connectivity index (χ4n) is 2.35. The highest BCUT2D eigenvalue weighted by Crippen LogP contribution is 2.16. The first-order chi connectivity index (χ1) is 11.5. The molecule has 2 aromatic rings. The van der Waals surface area contributed by atoms with E-state index in [-0.39, 0.29) is 12.5 Å². The molecule has 0 aliphatic heterocycles. The van der Waals surface area contributed by atoms with Gasteiger partial charge in [0.25, 0.3) is 11.8 Å². The quantitative estimate of drug-likeness (QED) is 0.850. The lowest BCUT2D eigenvalue weighted by Crippen LogP contribution is -2.30. The van der Waals surface area contributed by atoms with Gasteiger partial charge in [0.15, 0.2) is 6.61 Å². The molecular formula is C19H22N2O3. The molecule has 2 rings (SSSR count). The highest BCUT2D eigenvalue weighted by Gasteiger charge is 2.15. The van der Waals surface area contributed by atoms with Crippen LogP contribution < -0.4 is 10.5 Å². The van der Waals surface area contributed by atoms with Crippen molar-refractivity contribution in [3.63, 3.8) is 0 Å². The summed E-state index contributed by atoms with van der Waals surface area (Å²) in [6, 6.07) is 14.8. The molecule has 0 heterocycles. The average molecular weight is 326 g/mol. The molecule has 2 aromatic carbocycles. The molecule has 0 radical (unpaired) electrons. The van der Waals surface area contributed by atoms with Gasteiger partial charge in [0.1, 0.15) is 5.75 Å². The van der Waals surface area contributed by atoms with Crippen molar-refractivity contribution in [2.75, 3.05) is 13.2 Å². The second-order valence-electron chi connectivity index (χ2n) is 5.53. The van der Waals surface area contributed by atoms with Crippen LogP contribution in [0, 0.1) is 6.92 Å². The van der Waals surface area contributed by atoms with Crippen molar-refractivity contribution in [1.29, 1.82) is 0 Å². The van der Waals surface area contributed by atoms with Crippen molar-refractivity contribution >= 4 is 11.8 Å². The minimum atomic E-state index is -0.537. The van der Waals surface area contributed by atoms with Gasteiger partial charge in [0, 0.05) is 18.7 Å². The lowest BCUT2D eigenvalue weighted by molar-refractivity contribution is -0.119. The number of ether oxygens (including phenoxy) is 1. The van der Waals surface area contributed by atoms with Crippen molar-refractivity contribution < 1.29 is 14.3 Å². The number of hydrogen-bond acceptors (Lipinski definition) is 3. The Labute approximate surface area is 142 Å². The van der Waals surface area contributed by atoms with Gasteiger partial charge in [0.2, 0.25) is 0 Å². The van der Waals surface area contributed by atoms with E-state index in [0.717, 1.165) is 5.56 Å². The third-order valence-electron chi connectivity index (χ3n) is 3.77. The number of carbonyl (C=O) groups is 2. The molecular weight excluding hydrogens is 304 g/mol. The van der Waals surface area contributed by atoms with Crippen molar-refractivity contribution in [2.24, 2.45) is 5.73 Å². The minimum absolute atomic E-state index is 0.0396. The van der Waals surface area contributed by atoms with E-state index in [1.54, 1.807) is 29.2 Å². The summed E-state index contributed by atoms with van der Waals surface area (Å²) in [7, 11) is 0. The van der Waals surface area contributed by atoms with Crippen LogP contribution in [0.25, 0.3) is 0 Å². The third kappa shape index (κ3) is 4.59. The van der Waals surface area contributed by atoms with Crippen LogP contribution >= 0.6 is 0 Å². The Bertz CT molecular complexity index is 711. The van der Waals surface area contributed by atoms with E-state index in [0.29, 0.717) is 24.4 Å². The molecule has 24 heavy (non-hydrogen) atoms. The van der Waals surface area contributed by atoms with Crippen molar-refractivity contribution in [2.45, 2.75) is 20.4 Å². The fraction of sp³-hybridized carbons (Fsp3) is 0.263. The summed E-state index contributed by atoms with van der Waals surface area (Å²) < 4.78 is 5.20. The molecule has 5 heteroatoms. The van der Waals surface area contributed by atoms with Crippen molar-refractivity contribution in [3.05, 3.63) is 65.2 Å². The number of benzene rings is 2. The maximum Gasteiger partial charge on any atom is 0.255 e. The summed E-state index contributed by atoms with van der Waals surface area (Å²) in [4.78, 5) is 25.2. The standard InChI is InChI=1S/C19H22N2O3/c1-3-21(12-16-7-5-4-6-14(16)2)19(23)15-8-10-17(11-9-15)24-13-18(20)22/h4-11H,3,12-13H2,1-2H3,(H2,20,22). The SMILES string of the molecule is CCN(Cc1ccccc1C)C(=O)c1ccc(OCC(N)=O)cc1. The Morgan fingerprint density at radius 3 is 2.33 bits per heavy atom. The first kappa shape index (κ1) is 17.5. The van der Waals surface area contributed by atoms with Crippen LogP contribution in [0.2, 0.25) is 0 Å². The van der Waals surface area contributed by atoms with Crippen molar-refractivity contribution in [1.82, 2.24) is 4.90 Å². The number of nitrogens with zero attached hydrogens (tertiary/aromatic N) is 1. The number of nitrogens with two attached hydrogens (primary N) is 1. The molecule has 2 amide bonds. The fourth-order valence-corrected chi connectivity index (χ4v) is 2.35. The number of aryl methyl sites for hydroxylation is 1. The molecule has 5 nitrogen and oxygen atoms in total. The molecule has 0 saturated heterocycles. The summed E-state index contributed by atoms with van der Waals surface area (Å²) in [5.74, 6) is -0.0694. The topological polar surface area (TPSA) is 72.6 Å². The van der Waals surface area contributed by atoms with Crippen LogP contribution in [-0.4, -0.2) is 29.9 Å². The highest BCUT2D eigenvalue weighted by atomic mass is 16.5. The Morgan fingerprint density at radius 2 is 1.75 bits per heavy atom. The summed E-state index contributed by atoms with van der Waals surface area (Å²) in [5, 5.41) is 0. The summed E-state index contributed by atoms with van der Waals surface area (Å²) in [6.45, 7) is 5.01. The molecule has 0 aliphatic carbocycles. The average Bonchev–Trinajstić information content (AvgIpc) is 2.59. The number of carbonyl (C=O) groups excluding carboxylic acids is 2. The molecule has 0 aromatic heterocycles. The molecule has 0 atom stereocenters. The lowest BCUT2D eigenvalue weighted by atomic mass is 10.1. The van der Waals surface area contributed by atoms with Crippen LogP contribution in [-0.2, 0) is 11.3 Å². The minimum Gasteiger partial charge on any atom is -0.484 e. The first-order valence-electron chi connectivity index (χ1n) is 7.86. The maximum absolute atomic E-state index is 12.7. The smallest absolute Gasteiger partial charge is 0.255 e. The molecule has 126 valence electrons. The van der Waals surface area contributed by atoms with Gasteiger partial charge in [-0.2, -0.15) is 0 Å². The molecule has 0 fully saturated rings. The summed E-state index contributed by atoms with van der Waals surface area (Å²) >= 11 is 0. The van der Waals surface area contributed by atoms with E-state index in [4.69, 9.17) is 10.5 Å². The predicted octanol–water partition coefficient (Wildman–Crippen LogP) is 2.52. The van der Waals surface area contributed by atoms with E-state index < -0.39 is 5.91 Å². The zero-order chi connectivity index (χ0) is 17.5. The van der Waals surface area contributed by atoms with Crippen LogP contribution in [0.3, 0.4) is 0 Å².